The molecule has 264 valence electrons. The van der Waals surface area contributed by atoms with Crippen LogP contribution in [0.25, 0.3) is 0 Å². The molecule has 8 nitrogen and oxygen atoms in total. The molecule has 51 heavy (non-hydrogen) atoms. The number of hydrogen-bond acceptors (Lipinski definition) is 5. The number of halogens is 1. The number of amides is 2. The monoisotopic (exact) mass is 767 g/mol. The minimum atomic E-state index is -4.24. The molecule has 1 N–H and O–H groups in total. The fourth-order valence-electron chi connectivity index (χ4n) is 5.43. The maximum atomic E-state index is 14.7. The van der Waals surface area contributed by atoms with Crippen molar-refractivity contribution >= 4 is 43.5 Å². The van der Waals surface area contributed by atoms with Gasteiger partial charge < -0.3 is 15.0 Å². The summed E-state index contributed by atoms with van der Waals surface area (Å²) in [6.45, 7) is 5.84. The highest BCUT2D eigenvalue weighted by Gasteiger charge is 2.34. The van der Waals surface area contributed by atoms with Crippen molar-refractivity contribution < 1.29 is 22.7 Å². The Morgan fingerprint density at radius 2 is 1.33 bits per heavy atom. The first-order valence-electron chi connectivity index (χ1n) is 16.8. The second kappa shape index (κ2) is 17.3. The van der Waals surface area contributed by atoms with E-state index in [9.17, 15) is 18.0 Å². The standard InChI is InChI=1S/C41H42BrN3O5S/c1-30(2)27-43-41(47)39(26-32-10-6-4-7-11-32)44(28-33-16-18-34(42)19-17-33)40(46)29-45(51(48,49)38-24-14-31(3)15-25-38)35-20-22-37(23-21-35)50-36-12-8-5-9-13-36/h4-25,30,39H,26-29H2,1-3H3,(H,43,47)/t39-/m0/s1. The van der Waals surface area contributed by atoms with Crippen molar-refractivity contribution in [3.8, 4) is 11.5 Å². The number of ether oxygens (including phenoxy) is 1. The average Bonchev–Trinajstić information content (AvgIpc) is 3.13. The van der Waals surface area contributed by atoms with Crippen LogP contribution in [0.15, 0.2) is 143 Å². The Morgan fingerprint density at radius 3 is 1.94 bits per heavy atom. The molecule has 5 aromatic carbocycles. The lowest BCUT2D eigenvalue weighted by atomic mass is 10.0. The average molecular weight is 769 g/mol. The van der Waals surface area contributed by atoms with Crippen LogP contribution in [-0.4, -0.2) is 44.3 Å². The van der Waals surface area contributed by atoms with Gasteiger partial charge in [-0.1, -0.05) is 108 Å². The zero-order chi connectivity index (χ0) is 36.4. The predicted molar refractivity (Wildman–Crippen MR) is 205 cm³/mol. The SMILES string of the molecule is Cc1ccc(S(=O)(=O)N(CC(=O)N(Cc2ccc(Br)cc2)[C@@H](Cc2ccccc2)C(=O)NCC(C)C)c2ccc(Oc3ccccc3)cc2)cc1. The minimum Gasteiger partial charge on any atom is -0.457 e. The highest BCUT2D eigenvalue weighted by atomic mass is 79.9. The van der Waals surface area contributed by atoms with Crippen LogP contribution in [0.4, 0.5) is 5.69 Å². The number of nitrogens with zero attached hydrogens (tertiary/aromatic N) is 2. The summed E-state index contributed by atoms with van der Waals surface area (Å²) in [5.41, 5.74) is 2.83. The van der Waals surface area contributed by atoms with E-state index in [1.165, 1.54) is 17.0 Å². The fourth-order valence-corrected chi connectivity index (χ4v) is 7.11. The fraction of sp³-hybridized carbons (Fsp3) is 0.220. The van der Waals surface area contributed by atoms with Gasteiger partial charge >= 0.3 is 0 Å². The number of nitrogens with one attached hydrogen (secondary N) is 1. The van der Waals surface area contributed by atoms with E-state index in [0.29, 0.717) is 18.0 Å². The van der Waals surface area contributed by atoms with Crippen LogP contribution >= 0.6 is 15.9 Å². The predicted octanol–water partition coefficient (Wildman–Crippen LogP) is 8.16. The maximum Gasteiger partial charge on any atom is 0.264 e. The number of rotatable bonds is 15. The summed E-state index contributed by atoms with van der Waals surface area (Å²) in [5, 5.41) is 3.02. The van der Waals surface area contributed by atoms with E-state index < -0.39 is 28.5 Å². The van der Waals surface area contributed by atoms with Crippen LogP contribution in [0, 0.1) is 12.8 Å². The Balaban J connectivity index is 1.55. The Bertz CT molecular complexity index is 1990. The Labute approximate surface area is 309 Å². The molecule has 0 fully saturated rings. The first-order valence-corrected chi connectivity index (χ1v) is 19.0. The summed E-state index contributed by atoms with van der Waals surface area (Å²) in [5.74, 6) is 0.483. The molecule has 0 aromatic heterocycles. The van der Waals surface area contributed by atoms with Gasteiger partial charge in [0.05, 0.1) is 10.6 Å². The summed E-state index contributed by atoms with van der Waals surface area (Å²) in [4.78, 5) is 30.2. The number of anilines is 1. The second-order valence-electron chi connectivity index (χ2n) is 12.7. The van der Waals surface area contributed by atoms with Crippen molar-refractivity contribution in [2.45, 2.75) is 44.7 Å². The number of hydrogen-bond donors (Lipinski definition) is 1. The molecular weight excluding hydrogens is 726 g/mol. The molecule has 5 aromatic rings. The molecule has 10 heteroatoms. The molecule has 0 bridgehead atoms. The third kappa shape index (κ3) is 10.3. The number of para-hydroxylation sites is 1. The van der Waals surface area contributed by atoms with Gasteiger partial charge in [-0.2, -0.15) is 0 Å². The Hall–Kier alpha value is -4.93. The molecule has 0 unspecified atom stereocenters. The largest absolute Gasteiger partial charge is 0.457 e. The first-order chi connectivity index (χ1) is 24.5. The van der Waals surface area contributed by atoms with E-state index in [1.54, 1.807) is 36.4 Å². The molecule has 0 spiro atoms. The molecule has 1 atom stereocenters. The lowest BCUT2D eigenvalue weighted by Gasteiger charge is -2.34. The van der Waals surface area contributed by atoms with E-state index >= 15 is 0 Å². The second-order valence-corrected chi connectivity index (χ2v) is 15.5. The van der Waals surface area contributed by atoms with Gasteiger partial charge in [-0.25, -0.2) is 8.42 Å². The van der Waals surface area contributed by atoms with Gasteiger partial charge in [0.25, 0.3) is 10.0 Å². The van der Waals surface area contributed by atoms with Crippen molar-refractivity contribution in [1.29, 1.82) is 0 Å². The molecule has 0 radical (unpaired) electrons. The Morgan fingerprint density at radius 1 is 0.745 bits per heavy atom. The normalized spacial score (nSPS) is 11.9. The molecule has 0 heterocycles. The van der Waals surface area contributed by atoms with Gasteiger partial charge in [-0.05, 0) is 84.6 Å². The minimum absolute atomic E-state index is 0.0421. The highest BCUT2D eigenvalue weighted by Crippen LogP contribution is 2.29. The number of aryl methyl sites for hydroxylation is 1. The van der Waals surface area contributed by atoms with Crippen LogP contribution in [0.5, 0.6) is 11.5 Å². The van der Waals surface area contributed by atoms with Gasteiger partial charge in [0, 0.05) is 24.0 Å². The molecule has 0 saturated heterocycles. The Kier molecular flexibility index (Phi) is 12.7. The summed E-state index contributed by atoms with van der Waals surface area (Å²) in [6.07, 6.45) is 0.239. The summed E-state index contributed by atoms with van der Waals surface area (Å²) < 4.78 is 36.7. The van der Waals surface area contributed by atoms with Crippen LogP contribution in [-0.2, 0) is 32.6 Å². The van der Waals surface area contributed by atoms with Crippen molar-refractivity contribution in [3.63, 3.8) is 0 Å². The zero-order valence-corrected chi connectivity index (χ0v) is 31.3. The molecule has 5 rings (SSSR count). The van der Waals surface area contributed by atoms with Gasteiger partial charge in [0.15, 0.2) is 0 Å². The highest BCUT2D eigenvalue weighted by molar-refractivity contribution is 9.10. The van der Waals surface area contributed by atoms with Crippen molar-refractivity contribution in [1.82, 2.24) is 10.2 Å². The summed E-state index contributed by atoms with van der Waals surface area (Å²) in [7, 11) is -4.24. The summed E-state index contributed by atoms with van der Waals surface area (Å²) in [6, 6.07) is 38.4. The third-order valence-corrected chi connectivity index (χ3v) is 10.5. The van der Waals surface area contributed by atoms with Crippen LogP contribution in [0.3, 0.4) is 0 Å². The van der Waals surface area contributed by atoms with E-state index in [2.05, 4.69) is 21.2 Å². The number of carbonyl (C=O) groups excluding carboxylic acids is 2. The van der Waals surface area contributed by atoms with E-state index in [1.807, 2.05) is 106 Å². The zero-order valence-electron chi connectivity index (χ0n) is 28.9. The lowest BCUT2D eigenvalue weighted by Crippen LogP contribution is -2.53. The van der Waals surface area contributed by atoms with Gasteiger partial charge in [-0.15, -0.1) is 0 Å². The van der Waals surface area contributed by atoms with Crippen molar-refractivity contribution in [3.05, 3.63) is 155 Å². The lowest BCUT2D eigenvalue weighted by molar-refractivity contribution is -0.140. The topological polar surface area (TPSA) is 96.0 Å². The van der Waals surface area contributed by atoms with Gasteiger partial charge in [-0.3, -0.25) is 13.9 Å². The van der Waals surface area contributed by atoms with Crippen molar-refractivity contribution in [2.75, 3.05) is 17.4 Å². The van der Waals surface area contributed by atoms with Gasteiger partial charge in [0.2, 0.25) is 11.8 Å². The van der Waals surface area contributed by atoms with Crippen LogP contribution < -0.4 is 14.4 Å². The van der Waals surface area contributed by atoms with Crippen molar-refractivity contribution in [2.24, 2.45) is 5.92 Å². The van der Waals surface area contributed by atoms with Gasteiger partial charge in [0.1, 0.15) is 24.1 Å². The quantitative estimate of drug-likeness (QED) is 0.116. The molecule has 2 amide bonds. The summed E-state index contributed by atoms with van der Waals surface area (Å²) >= 11 is 3.47. The van der Waals surface area contributed by atoms with E-state index in [0.717, 1.165) is 25.5 Å². The molecular formula is C41H42BrN3O5S. The van der Waals surface area contributed by atoms with Crippen LogP contribution in [0.2, 0.25) is 0 Å². The maximum absolute atomic E-state index is 14.7. The molecule has 0 aliphatic heterocycles. The third-order valence-electron chi connectivity index (χ3n) is 8.21. The van der Waals surface area contributed by atoms with E-state index in [4.69, 9.17) is 4.74 Å². The smallest absolute Gasteiger partial charge is 0.264 e. The molecule has 0 saturated carbocycles. The number of benzene rings is 5. The first kappa shape index (κ1) is 37.3. The van der Waals surface area contributed by atoms with Crippen LogP contribution in [0.1, 0.15) is 30.5 Å². The number of carbonyl (C=O) groups is 2. The van der Waals surface area contributed by atoms with E-state index in [-0.39, 0.29) is 35.4 Å². The number of sulfonamides is 1. The molecule has 0 aliphatic rings. The molecule has 0 aliphatic carbocycles.